The van der Waals surface area contributed by atoms with Crippen molar-refractivity contribution in [1.29, 1.82) is 0 Å². The Kier molecular flexibility index (Phi) is 6.68. The molecule has 2 fully saturated rings. The number of hydrogen-bond acceptors (Lipinski definition) is 4. The van der Waals surface area contributed by atoms with Crippen molar-refractivity contribution < 1.29 is 40.3 Å². The molecule has 3 aromatic rings. The minimum atomic E-state index is -5.00. The van der Waals surface area contributed by atoms with E-state index in [1.807, 2.05) is 0 Å². The maximum absolute atomic E-state index is 14.0. The first-order valence-corrected chi connectivity index (χ1v) is 12.1. The summed E-state index contributed by atoms with van der Waals surface area (Å²) in [5.74, 6) is -1.22. The molecule has 0 saturated carbocycles. The van der Waals surface area contributed by atoms with E-state index in [-0.39, 0.29) is 30.5 Å². The molecule has 0 spiro atoms. The quantitative estimate of drug-likeness (QED) is 0.370. The highest BCUT2D eigenvalue weighted by Crippen LogP contribution is 2.48. The van der Waals surface area contributed by atoms with Crippen LogP contribution in [-0.4, -0.2) is 44.3 Å². The van der Waals surface area contributed by atoms with Gasteiger partial charge in [-0.25, -0.2) is 4.39 Å². The molecule has 6 nitrogen and oxygen atoms in total. The van der Waals surface area contributed by atoms with Crippen LogP contribution in [0.1, 0.15) is 59.2 Å². The highest BCUT2D eigenvalue weighted by molar-refractivity contribution is 5.80. The van der Waals surface area contributed by atoms with Crippen molar-refractivity contribution >= 4 is 5.91 Å². The summed E-state index contributed by atoms with van der Waals surface area (Å²) in [5.41, 5.74) is -1.95. The van der Waals surface area contributed by atoms with E-state index in [1.54, 1.807) is 22.5 Å². The Morgan fingerprint density at radius 2 is 1.59 bits per heavy atom. The van der Waals surface area contributed by atoms with Crippen molar-refractivity contribution in [3.63, 3.8) is 0 Å². The molecule has 1 unspecified atom stereocenters. The number of ether oxygens (including phenoxy) is 1. The Morgan fingerprint density at radius 3 is 2.15 bits per heavy atom. The molecule has 0 N–H and O–H groups in total. The molecule has 0 aliphatic carbocycles. The molecule has 0 bridgehead atoms. The number of carbonyl (C=O) groups excluding carboxylic acids is 1. The standard InChI is InChI=1S/C26H23F7N4O2/c1-13-5-18(27)3-4-19(13)23-21(10-37-22(38)9-20(24(23)37)36-11-34-35-12-36)39-14(2)15-6-16(25(28,29)30)8-17(7-15)26(31,32)33/h3-8,11-12,14,20-21,23-24H,9-10H2,1-2H3/t14-,20?,21+,23-,24+/m1/s1. The van der Waals surface area contributed by atoms with E-state index < -0.39 is 59.5 Å². The largest absolute Gasteiger partial charge is 0.416 e. The van der Waals surface area contributed by atoms with E-state index in [0.717, 1.165) is 0 Å². The van der Waals surface area contributed by atoms with Crippen molar-refractivity contribution in [1.82, 2.24) is 19.7 Å². The average Bonchev–Trinajstić information content (AvgIpc) is 3.56. The van der Waals surface area contributed by atoms with E-state index in [2.05, 4.69) is 10.2 Å². The highest BCUT2D eigenvalue weighted by Gasteiger charge is 2.54. The summed E-state index contributed by atoms with van der Waals surface area (Å²) in [6, 6.07) is 4.60. The van der Waals surface area contributed by atoms with Crippen LogP contribution in [0.4, 0.5) is 30.7 Å². The third kappa shape index (κ3) is 5.11. The van der Waals surface area contributed by atoms with Crippen LogP contribution in [-0.2, 0) is 21.9 Å². The molecule has 13 heteroatoms. The average molecular weight is 556 g/mol. The predicted molar refractivity (Wildman–Crippen MR) is 123 cm³/mol. The van der Waals surface area contributed by atoms with Crippen molar-refractivity contribution in [2.45, 2.75) is 62.8 Å². The second kappa shape index (κ2) is 9.61. The van der Waals surface area contributed by atoms with Gasteiger partial charge in [-0.1, -0.05) is 6.07 Å². The molecule has 2 aromatic carbocycles. The fraction of sp³-hybridized carbons (Fsp3) is 0.423. The van der Waals surface area contributed by atoms with Crippen molar-refractivity contribution in [2.75, 3.05) is 6.54 Å². The molecule has 5 rings (SSSR count). The van der Waals surface area contributed by atoms with Gasteiger partial charge < -0.3 is 14.2 Å². The second-order valence-electron chi connectivity index (χ2n) is 9.90. The summed E-state index contributed by atoms with van der Waals surface area (Å²) in [4.78, 5) is 14.6. The van der Waals surface area contributed by atoms with Gasteiger partial charge in [0.2, 0.25) is 5.91 Å². The molecule has 0 radical (unpaired) electrons. The van der Waals surface area contributed by atoms with Gasteiger partial charge in [0.1, 0.15) is 18.5 Å². The number of amides is 1. The van der Waals surface area contributed by atoms with Gasteiger partial charge in [0, 0.05) is 18.9 Å². The molecular weight excluding hydrogens is 533 g/mol. The van der Waals surface area contributed by atoms with Gasteiger partial charge in [0.25, 0.3) is 0 Å². The number of nitrogens with zero attached hydrogens (tertiary/aromatic N) is 4. The number of alkyl halides is 6. The van der Waals surface area contributed by atoms with E-state index in [4.69, 9.17) is 4.74 Å². The van der Waals surface area contributed by atoms with E-state index in [1.165, 1.54) is 31.7 Å². The van der Waals surface area contributed by atoms with Gasteiger partial charge in [-0.3, -0.25) is 4.79 Å². The fourth-order valence-electron chi connectivity index (χ4n) is 5.72. The third-order valence-electron chi connectivity index (χ3n) is 7.47. The van der Waals surface area contributed by atoms with Crippen LogP contribution in [0, 0.1) is 12.7 Å². The summed E-state index contributed by atoms with van der Waals surface area (Å²) in [6.45, 7) is 3.11. The molecule has 39 heavy (non-hydrogen) atoms. The number of aromatic nitrogens is 3. The first-order valence-electron chi connectivity index (χ1n) is 12.1. The molecule has 5 atom stereocenters. The first kappa shape index (κ1) is 27.1. The number of benzene rings is 2. The van der Waals surface area contributed by atoms with E-state index in [9.17, 15) is 35.5 Å². The minimum Gasteiger partial charge on any atom is -0.368 e. The second-order valence-corrected chi connectivity index (χ2v) is 9.90. The molecule has 2 aliphatic rings. The van der Waals surface area contributed by atoms with Gasteiger partial charge in [-0.05, 0) is 60.9 Å². The van der Waals surface area contributed by atoms with Gasteiger partial charge in [-0.15, -0.1) is 10.2 Å². The summed E-state index contributed by atoms with van der Waals surface area (Å²) in [6.07, 6.45) is -8.92. The Labute approximate surface area is 218 Å². The van der Waals surface area contributed by atoms with Crippen LogP contribution in [0.2, 0.25) is 0 Å². The van der Waals surface area contributed by atoms with Gasteiger partial charge in [0.15, 0.2) is 0 Å². The SMILES string of the molecule is Cc1cc(F)ccc1[C@@H]1[C@@H](O[C@H](C)c2cc(C(F)(F)F)cc(C(F)(F)F)c2)CN2C(=O)CC(n3cnnc3)[C@@H]12. The predicted octanol–water partition coefficient (Wildman–Crippen LogP) is 5.85. The Hall–Kier alpha value is -3.48. The zero-order valence-corrected chi connectivity index (χ0v) is 20.7. The molecule has 208 valence electrons. The Morgan fingerprint density at radius 1 is 0.974 bits per heavy atom. The fourth-order valence-corrected chi connectivity index (χ4v) is 5.72. The molecule has 2 aliphatic heterocycles. The van der Waals surface area contributed by atoms with Crippen LogP contribution in [0.15, 0.2) is 49.1 Å². The summed E-state index contributed by atoms with van der Waals surface area (Å²) < 4.78 is 102. The highest BCUT2D eigenvalue weighted by atomic mass is 19.4. The first-order chi connectivity index (χ1) is 18.2. The van der Waals surface area contributed by atoms with Crippen molar-refractivity contribution in [3.8, 4) is 0 Å². The van der Waals surface area contributed by atoms with Crippen LogP contribution in [0.5, 0.6) is 0 Å². The zero-order chi connectivity index (χ0) is 28.3. The van der Waals surface area contributed by atoms with Crippen molar-refractivity contribution in [3.05, 3.63) is 82.7 Å². The lowest BCUT2D eigenvalue weighted by atomic mass is 9.84. The Bertz CT molecular complexity index is 1340. The maximum atomic E-state index is 14.0. The Balaban J connectivity index is 1.54. The lowest BCUT2D eigenvalue weighted by Gasteiger charge is -2.31. The van der Waals surface area contributed by atoms with E-state index in [0.29, 0.717) is 23.3 Å². The minimum absolute atomic E-state index is 0.0546. The van der Waals surface area contributed by atoms with Gasteiger partial charge >= 0.3 is 12.4 Å². The molecule has 2 saturated heterocycles. The number of carbonyl (C=O) groups is 1. The molecular formula is C26H23F7N4O2. The van der Waals surface area contributed by atoms with Crippen LogP contribution in [0.3, 0.4) is 0 Å². The molecule has 3 heterocycles. The number of hydrogen-bond donors (Lipinski definition) is 0. The zero-order valence-electron chi connectivity index (χ0n) is 20.7. The lowest BCUT2D eigenvalue weighted by Crippen LogP contribution is -2.33. The topological polar surface area (TPSA) is 60.2 Å². The number of aryl methyl sites for hydroxylation is 1. The number of rotatable bonds is 5. The van der Waals surface area contributed by atoms with Crippen molar-refractivity contribution in [2.24, 2.45) is 0 Å². The van der Waals surface area contributed by atoms with Gasteiger partial charge in [-0.2, -0.15) is 26.3 Å². The monoisotopic (exact) mass is 556 g/mol. The maximum Gasteiger partial charge on any atom is 0.416 e. The van der Waals surface area contributed by atoms with Crippen LogP contribution < -0.4 is 0 Å². The molecule has 1 amide bonds. The molecule has 1 aromatic heterocycles. The van der Waals surface area contributed by atoms with Crippen LogP contribution >= 0.6 is 0 Å². The summed E-state index contributed by atoms with van der Waals surface area (Å²) >= 11 is 0. The smallest absolute Gasteiger partial charge is 0.368 e. The van der Waals surface area contributed by atoms with Gasteiger partial charge in [0.05, 0.1) is 35.4 Å². The normalized spacial score (nSPS) is 24.3. The van der Waals surface area contributed by atoms with E-state index >= 15 is 0 Å². The lowest BCUT2D eigenvalue weighted by molar-refractivity contribution is -0.143. The third-order valence-corrected chi connectivity index (χ3v) is 7.47. The number of fused-ring (bicyclic) bond motifs is 1. The summed E-state index contributed by atoms with van der Waals surface area (Å²) in [5, 5.41) is 7.63. The summed E-state index contributed by atoms with van der Waals surface area (Å²) in [7, 11) is 0. The number of halogens is 7. The van der Waals surface area contributed by atoms with Crippen LogP contribution in [0.25, 0.3) is 0 Å².